The molecule has 3 heteroatoms. The molecule has 0 saturated heterocycles. The Kier molecular flexibility index (Phi) is 3.02. The van der Waals surface area contributed by atoms with Crippen molar-refractivity contribution in [2.24, 2.45) is 0 Å². The van der Waals surface area contributed by atoms with Gasteiger partial charge in [-0.05, 0) is 30.7 Å². The third-order valence-corrected chi connectivity index (χ3v) is 3.46. The molecule has 2 N–H and O–H groups in total. The summed E-state index contributed by atoms with van der Waals surface area (Å²) in [6.07, 6.45) is 1.69. The van der Waals surface area contributed by atoms with Crippen LogP contribution in [-0.2, 0) is 5.75 Å². The van der Waals surface area contributed by atoms with E-state index in [1.807, 2.05) is 24.3 Å². The molecule has 78 valence electrons. The topological polar surface area (TPSA) is 39.2 Å². The first-order valence-corrected chi connectivity index (χ1v) is 5.76. The molecule has 0 aliphatic heterocycles. The summed E-state index contributed by atoms with van der Waals surface area (Å²) in [5.41, 5.74) is 7.96. The average Bonchev–Trinajstić information content (AvgIpc) is 2.70. The quantitative estimate of drug-likeness (QED) is 0.634. The number of hydrogen-bond acceptors (Lipinski definition) is 3. The molecule has 2 nitrogen and oxygen atoms in total. The minimum absolute atomic E-state index is 0.821. The zero-order valence-corrected chi connectivity index (χ0v) is 9.38. The fourth-order valence-electron chi connectivity index (χ4n) is 1.41. The standard InChI is InChI=1S/C12H13NOS/c1-9-4-2-6-11(13)12(9)15-8-10-5-3-7-14-10/h2-7H,8,13H2,1H3. The number of anilines is 1. The lowest BCUT2D eigenvalue weighted by Crippen LogP contribution is -1.91. The van der Waals surface area contributed by atoms with E-state index in [4.69, 9.17) is 10.2 Å². The molecule has 1 aromatic carbocycles. The van der Waals surface area contributed by atoms with Crippen LogP contribution in [0.3, 0.4) is 0 Å². The van der Waals surface area contributed by atoms with Crippen LogP contribution in [0.4, 0.5) is 5.69 Å². The summed E-state index contributed by atoms with van der Waals surface area (Å²) in [5.74, 6) is 1.80. The highest BCUT2D eigenvalue weighted by atomic mass is 32.2. The Morgan fingerprint density at radius 2 is 2.13 bits per heavy atom. The molecule has 1 aromatic heterocycles. The van der Waals surface area contributed by atoms with Crippen molar-refractivity contribution in [3.05, 3.63) is 47.9 Å². The molecule has 0 atom stereocenters. The molecule has 0 aliphatic carbocycles. The molecular formula is C12H13NOS. The first-order valence-electron chi connectivity index (χ1n) is 4.77. The van der Waals surface area contributed by atoms with Crippen molar-refractivity contribution in [3.63, 3.8) is 0 Å². The maximum atomic E-state index is 5.91. The molecule has 15 heavy (non-hydrogen) atoms. The van der Waals surface area contributed by atoms with Crippen molar-refractivity contribution in [3.8, 4) is 0 Å². The molecule has 0 fully saturated rings. The van der Waals surface area contributed by atoms with Gasteiger partial charge in [-0.3, -0.25) is 0 Å². The van der Waals surface area contributed by atoms with Crippen LogP contribution < -0.4 is 5.73 Å². The van der Waals surface area contributed by atoms with Gasteiger partial charge < -0.3 is 10.2 Å². The maximum absolute atomic E-state index is 5.91. The largest absolute Gasteiger partial charge is 0.468 e. The number of nitrogens with two attached hydrogens (primary N) is 1. The fraction of sp³-hybridized carbons (Fsp3) is 0.167. The SMILES string of the molecule is Cc1cccc(N)c1SCc1ccco1. The highest BCUT2D eigenvalue weighted by Crippen LogP contribution is 2.30. The van der Waals surface area contributed by atoms with E-state index in [0.29, 0.717) is 0 Å². The van der Waals surface area contributed by atoms with Crippen LogP contribution in [0.25, 0.3) is 0 Å². The monoisotopic (exact) mass is 219 g/mol. The van der Waals surface area contributed by atoms with Gasteiger partial charge in [-0.1, -0.05) is 12.1 Å². The van der Waals surface area contributed by atoms with Crippen molar-refractivity contribution in [1.29, 1.82) is 0 Å². The van der Waals surface area contributed by atoms with Gasteiger partial charge in [-0.2, -0.15) is 0 Å². The first-order chi connectivity index (χ1) is 7.27. The highest BCUT2D eigenvalue weighted by molar-refractivity contribution is 7.98. The fourth-order valence-corrected chi connectivity index (χ4v) is 2.39. The Morgan fingerprint density at radius 3 is 2.80 bits per heavy atom. The molecule has 0 bridgehead atoms. The number of rotatable bonds is 3. The zero-order valence-electron chi connectivity index (χ0n) is 8.57. The Bertz CT molecular complexity index is 417. The van der Waals surface area contributed by atoms with Gasteiger partial charge in [0.2, 0.25) is 0 Å². The van der Waals surface area contributed by atoms with Gasteiger partial charge in [-0.25, -0.2) is 0 Å². The molecule has 0 aliphatic rings. The summed E-state index contributed by atoms with van der Waals surface area (Å²) in [6.45, 7) is 2.07. The lowest BCUT2D eigenvalue weighted by molar-refractivity contribution is 0.530. The number of furan rings is 1. The summed E-state index contributed by atoms with van der Waals surface area (Å²) >= 11 is 1.71. The summed E-state index contributed by atoms with van der Waals surface area (Å²) in [4.78, 5) is 1.15. The van der Waals surface area contributed by atoms with Gasteiger partial charge in [0.1, 0.15) is 5.76 Å². The van der Waals surface area contributed by atoms with Gasteiger partial charge in [0.15, 0.2) is 0 Å². The number of benzene rings is 1. The second-order valence-corrected chi connectivity index (χ2v) is 4.35. The Labute approximate surface area is 93.5 Å². The van der Waals surface area contributed by atoms with Crippen LogP contribution >= 0.6 is 11.8 Å². The first kappa shape index (κ1) is 10.2. The number of aryl methyl sites for hydroxylation is 1. The van der Waals surface area contributed by atoms with E-state index in [9.17, 15) is 0 Å². The summed E-state index contributed by atoms with van der Waals surface area (Å²) in [7, 11) is 0. The molecule has 0 unspecified atom stereocenters. The summed E-state index contributed by atoms with van der Waals surface area (Å²) in [6, 6.07) is 9.85. The van der Waals surface area contributed by atoms with Crippen LogP contribution in [0.5, 0.6) is 0 Å². The van der Waals surface area contributed by atoms with Crippen molar-refractivity contribution in [1.82, 2.24) is 0 Å². The highest BCUT2D eigenvalue weighted by Gasteiger charge is 2.04. The van der Waals surface area contributed by atoms with Gasteiger partial charge in [0.25, 0.3) is 0 Å². The minimum Gasteiger partial charge on any atom is -0.468 e. The Hall–Kier alpha value is -1.35. The molecular weight excluding hydrogens is 206 g/mol. The number of thioether (sulfide) groups is 1. The minimum atomic E-state index is 0.821. The van der Waals surface area contributed by atoms with Crippen LogP contribution in [0.2, 0.25) is 0 Å². The molecule has 2 rings (SSSR count). The van der Waals surface area contributed by atoms with E-state index in [0.717, 1.165) is 22.1 Å². The molecule has 0 spiro atoms. The van der Waals surface area contributed by atoms with Crippen molar-refractivity contribution >= 4 is 17.4 Å². The smallest absolute Gasteiger partial charge is 0.113 e. The second kappa shape index (κ2) is 4.45. The summed E-state index contributed by atoms with van der Waals surface area (Å²) in [5, 5.41) is 0. The van der Waals surface area contributed by atoms with Crippen molar-refractivity contribution < 1.29 is 4.42 Å². The second-order valence-electron chi connectivity index (χ2n) is 3.36. The molecule has 1 heterocycles. The Morgan fingerprint density at radius 1 is 1.27 bits per heavy atom. The Balaban J connectivity index is 2.11. The molecule has 0 radical (unpaired) electrons. The third kappa shape index (κ3) is 2.36. The van der Waals surface area contributed by atoms with E-state index < -0.39 is 0 Å². The van der Waals surface area contributed by atoms with Crippen LogP contribution in [0.15, 0.2) is 45.9 Å². The number of nitrogen functional groups attached to an aromatic ring is 1. The van der Waals surface area contributed by atoms with E-state index in [2.05, 4.69) is 13.0 Å². The normalized spacial score (nSPS) is 10.5. The predicted octanol–water partition coefficient (Wildman–Crippen LogP) is 3.46. The van der Waals surface area contributed by atoms with Crippen LogP contribution in [-0.4, -0.2) is 0 Å². The zero-order chi connectivity index (χ0) is 10.7. The third-order valence-electron chi connectivity index (χ3n) is 2.18. The van der Waals surface area contributed by atoms with Gasteiger partial charge in [0, 0.05) is 10.6 Å². The van der Waals surface area contributed by atoms with E-state index in [-0.39, 0.29) is 0 Å². The van der Waals surface area contributed by atoms with E-state index >= 15 is 0 Å². The van der Waals surface area contributed by atoms with Crippen molar-refractivity contribution in [2.75, 3.05) is 5.73 Å². The van der Waals surface area contributed by atoms with Crippen LogP contribution in [0, 0.1) is 6.92 Å². The molecule has 0 saturated carbocycles. The van der Waals surface area contributed by atoms with E-state index in [1.165, 1.54) is 5.56 Å². The van der Waals surface area contributed by atoms with Gasteiger partial charge >= 0.3 is 0 Å². The molecule has 0 amide bonds. The van der Waals surface area contributed by atoms with E-state index in [1.54, 1.807) is 18.0 Å². The average molecular weight is 219 g/mol. The predicted molar refractivity (Wildman–Crippen MR) is 63.9 cm³/mol. The van der Waals surface area contributed by atoms with Gasteiger partial charge in [-0.15, -0.1) is 11.8 Å². The van der Waals surface area contributed by atoms with Crippen LogP contribution in [0.1, 0.15) is 11.3 Å². The maximum Gasteiger partial charge on any atom is 0.113 e. The number of hydrogen-bond donors (Lipinski definition) is 1. The van der Waals surface area contributed by atoms with Gasteiger partial charge in [0.05, 0.1) is 12.0 Å². The lowest BCUT2D eigenvalue weighted by atomic mass is 10.2. The lowest BCUT2D eigenvalue weighted by Gasteiger charge is -2.07. The summed E-state index contributed by atoms with van der Waals surface area (Å²) < 4.78 is 5.27. The molecule has 2 aromatic rings. The van der Waals surface area contributed by atoms with Crippen molar-refractivity contribution in [2.45, 2.75) is 17.6 Å².